The highest BCUT2D eigenvalue weighted by Crippen LogP contribution is 2.22. The minimum Gasteiger partial charge on any atom is -0.395 e. The Morgan fingerprint density at radius 2 is 2.05 bits per heavy atom. The normalized spacial score (nSPS) is 10.6. The maximum atomic E-state index is 13.0. The SMILES string of the molecule is CCCN(CCO)C(=O)c1cn[nH]c1-c1ccc(F)cc1. The molecule has 0 fully saturated rings. The third-order valence-corrected chi connectivity index (χ3v) is 3.15. The van der Waals surface area contributed by atoms with Crippen molar-refractivity contribution in [3.8, 4) is 11.3 Å². The van der Waals surface area contributed by atoms with Gasteiger partial charge in [0.2, 0.25) is 0 Å². The van der Waals surface area contributed by atoms with Gasteiger partial charge in [0.15, 0.2) is 0 Å². The van der Waals surface area contributed by atoms with E-state index in [4.69, 9.17) is 5.11 Å². The summed E-state index contributed by atoms with van der Waals surface area (Å²) in [5.41, 5.74) is 1.67. The fourth-order valence-electron chi connectivity index (χ4n) is 2.16. The minimum atomic E-state index is -0.334. The van der Waals surface area contributed by atoms with E-state index in [-0.39, 0.29) is 24.9 Å². The molecule has 0 aliphatic carbocycles. The Morgan fingerprint density at radius 1 is 1.33 bits per heavy atom. The summed E-state index contributed by atoms with van der Waals surface area (Å²) in [5, 5.41) is 15.8. The van der Waals surface area contributed by atoms with Gasteiger partial charge in [0.1, 0.15) is 5.82 Å². The molecule has 0 saturated carbocycles. The number of carbonyl (C=O) groups is 1. The van der Waals surface area contributed by atoms with Gasteiger partial charge in [-0.1, -0.05) is 6.92 Å². The molecule has 1 amide bonds. The number of nitrogens with one attached hydrogen (secondary N) is 1. The lowest BCUT2D eigenvalue weighted by Crippen LogP contribution is -2.34. The van der Waals surface area contributed by atoms with Crippen LogP contribution in [0, 0.1) is 5.82 Å². The van der Waals surface area contributed by atoms with Gasteiger partial charge in [0.05, 0.1) is 24.1 Å². The quantitative estimate of drug-likeness (QED) is 0.856. The Balaban J connectivity index is 2.30. The van der Waals surface area contributed by atoms with Crippen LogP contribution in [0.1, 0.15) is 23.7 Å². The van der Waals surface area contributed by atoms with Gasteiger partial charge in [-0.05, 0) is 30.7 Å². The number of aromatic amines is 1. The highest BCUT2D eigenvalue weighted by atomic mass is 19.1. The number of carbonyl (C=O) groups excluding carboxylic acids is 1. The molecule has 21 heavy (non-hydrogen) atoms. The molecule has 0 aliphatic rings. The molecule has 1 aromatic carbocycles. The van der Waals surface area contributed by atoms with Crippen LogP contribution in [0.5, 0.6) is 0 Å². The van der Waals surface area contributed by atoms with E-state index in [0.717, 1.165) is 6.42 Å². The highest BCUT2D eigenvalue weighted by Gasteiger charge is 2.20. The summed E-state index contributed by atoms with van der Waals surface area (Å²) in [4.78, 5) is 14.1. The summed E-state index contributed by atoms with van der Waals surface area (Å²) in [6, 6.07) is 5.86. The van der Waals surface area contributed by atoms with Gasteiger partial charge in [-0.15, -0.1) is 0 Å². The fourth-order valence-corrected chi connectivity index (χ4v) is 2.16. The molecule has 0 atom stereocenters. The number of rotatable bonds is 6. The summed E-state index contributed by atoms with van der Waals surface area (Å²) >= 11 is 0. The largest absolute Gasteiger partial charge is 0.395 e. The lowest BCUT2D eigenvalue weighted by Gasteiger charge is -2.20. The summed E-state index contributed by atoms with van der Waals surface area (Å²) in [6.45, 7) is 2.72. The van der Waals surface area contributed by atoms with Crippen molar-refractivity contribution >= 4 is 5.91 Å². The molecule has 0 bridgehead atoms. The Hall–Kier alpha value is -2.21. The molecule has 0 radical (unpaired) electrons. The minimum absolute atomic E-state index is 0.0878. The van der Waals surface area contributed by atoms with Crippen LogP contribution in [-0.4, -0.2) is 45.8 Å². The molecule has 0 spiro atoms. The number of nitrogens with zero attached hydrogens (tertiary/aromatic N) is 2. The Kier molecular flexibility index (Phi) is 5.05. The second kappa shape index (κ2) is 6.99. The Morgan fingerprint density at radius 3 is 2.67 bits per heavy atom. The second-order valence-electron chi connectivity index (χ2n) is 4.68. The first kappa shape index (κ1) is 15.2. The van der Waals surface area contributed by atoms with E-state index < -0.39 is 0 Å². The topological polar surface area (TPSA) is 69.2 Å². The van der Waals surface area contributed by atoms with Crippen LogP contribution in [0.2, 0.25) is 0 Å². The van der Waals surface area contributed by atoms with E-state index in [0.29, 0.717) is 23.4 Å². The number of hydrogen-bond acceptors (Lipinski definition) is 3. The van der Waals surface area contributed by atoms with E-state index in [1.165, 1.54) is 18.3 Å². The molecule has 1 aromatic heterocycles. The van der Waals surface area contributed by atoms with Gasteiger partial charge in [0, 0.05) is 18.7 Å². The van der Waals surface area contributed by atoms with E-state index in [9.17, 15) is 9.18 Å². The molecule has 1 heterocycles. The molecule has 0 unspecified atom stereocenters. The maximum absolute atomic E-state index is 13.0. The van der Waals surface area contributed by atoms with Gasteiger partial charge in [0.25, 0.3) is 5.91 Å². The zero-order valence-electron chi connectivity index (χ0n) is 11.8. The molecule has 6 heteroatoms. The predicted octanol–water partition coefficient (Wildman–Crippen LogP) is 2.06. The molecule has 112 valence electrons. The van der Waals surface area contributed by atoms with E-state index >= 15 is 0 Å². The van der Waals surface area contributed by atoms with Crippen molar-refractivity contribution in [3.63, 3.8) is 0 Å². The van der Waals surface area contributed by atoms with Crippen LogP contribution in [0.25, 0.3) is 11.3 Å². The van der Waals surface area contributed by atoms with Gasteiger partial charge >= 0.3 is 0 Å². The summed E-state index contributed by atoms with van der Waals surface area (Å²) in [5.74, 6) is -0.530. The monoisotopic (exact) mass is 291 g/mol. The third-order valence-electron chi connectivity index (χ3n) is 3.15. The van der Waals surface area contributed by atoms with Gasteiger partial charge in [-0.3, -0.25) is 9.89 Å². The predicted molar refractivity (Wildman–Crippen MR) is 77.3 cm³/mol. The van der Waals surface area contributed by atoms with Crippen LogP contribution in [0.3, 0.4) is 0 Å². The van der Waals surface area contributed by atoms with Gasteiger partial charge < -0.3 is 10.0 Å². The standard InChI is InChI=1S/C15H18FN3O2/c1-2-7-19(8-9-20)15(21)13-10-17-18-14(13)11-3-5-12(16)6-4-11/h3-6,10,20H,2,7-9H2,1H3,(H,17,18). The van der Waals surface area contributed by atoms with Crippen LogP contribution in [-0.2, 0) is 0 Å². The number of aromatic nitrogens is 2. The van der Waals surface area contributed by atoms with E-state index in [2.05, 4.69) is 10.2 Å². The molecule has 0 saturated heterocycles. The first-order valence-corrected chi connectivity index (χ1v) is 6.86. The maximum Gasteiger partial charge on any atom is 0.257 e. The molecule has 2 rings (SSSR count). The molecular formula is C15H18FN3O2. The van der Waals surface area contributed by atoms with Crippen LogP contribution in [0.15, 0.2) is 30.5 Å². The van der Waals surface area contributed by atoms with Crippen molar-refractivity contribution in [1.29, 1.82) is 0 Å². The molecule has 5 nitrogen and oxygen atoms in total. The molecule has 2 aromatic rings. The first-order chi connectivity index (χ1) is 10.2. The van der Waals surface area contributed by atoms with Gasteiger partial charge in [-0.2, -0.15) is 5.10 Å². The average Bonchev–Trinajstić information content (AvgIpc) is 2.96. The van der Waals surface area contributed by atoms with Crippen LogP contribution in [0.4, 0.5) is 4.39 Å². The van der Waals surface area contributed by atoms with Crippen molar-refractivity contribution in [2.75, 3.05) is 19.7 Å². The number of amides is 1. The van der Waals surface area contributed by atoms with Crippen molar-refractivity contribution in [2.45, 2.75) is 13.3 Å². The van der Waals surface area contributed by atoms with E-state index in [1.54, 1.807) is 17.0 Å². The number of aliphatic hydroxyl groups is 1. The number of H-pyrrole nitrogens is 1. The molecular weight excluding hydrogens is 273 g/mol. The van der Waals surface area contributed by atoms with Crippen molar-refractivity contribution in [1.82, 2.24) is 15.1 Å². The van der Waals surface area contributed by atoms with Crippen molar-refractivity contribution in [3.05, 3.63) is 41.8 Å². The second-order valence-corrected chi connectivity index (χ2v) is 4.68. The third kappa shape index (κ3) is 3.46. The summed E-state index contributed by atoms with van der Waals surface area (Å²) in [6.07, 6.45) is 2.26. The number of benzene rings is 1. The zero-order valence-corrected chi connectivity index (χ0v) is 11.8. The Bertz CT molecular complexity index is 589. The lowest BCUT2D eigenvalue weighted by atomic mass is 10.1. The highest BCUT2D eigenvalue weighted by molar-refractivity contribution is 5.99. The van der Waals surface area contributed by atoms with Gasteiger partial charge in [-0.25, -0.2) is 4.39 Å². The van der Waals surface area contributed by atoms with Crippen LogP contribution >= 0.6 is 0 Å². The number of halogens is 1. The number of aliphatic hydroxyl groups excluding tert-OH is 1. The first-order valence-electron chi connectivity index (χ1n) is 6.86. The molecule has 2 N–H and O–H groups in total. The number of hydrogen-bond donors (Lipinski definition) is 2. The molecule has 0 aliphatic heterocycles. The van der Waals surface area contributed by atoms with Crippen molar-refractivity contribution in [2.24, 2.45) is 0 Å². The van der Waals surface area contributed by atoms with E-state index in [1.807, 2.05) is 6.92 Å². The smallest absolute Gasteiger partial charge is 0.257 e. The fraction of sp³-hybridized carbons (Fsp3) is 0.333. The average molecular weight is 291 g/mol. The Labute approximate surface area is 122 Å². The lowest BCUT2D eigenvalue weighted by molar-refractivity contribution is 0.0723. The summed E-state index contributed by atoms with van der Waals surface area (Å²) < 4.78 is 13.0. The zero-order chi connectivity index (χ0) is 15.2. The van der Waals surface area contributed by atoms with Crippen molar-refractivity contribution < 1.29 is 14.3 Å². The van der Waals surface area contributed by atoms with Crippen LogP contribution < -0.4 is 0 Å². The summed E-state index contributed by atoms with van der Waals surface area (Å²) in [7, 11) is 0.